The Morgan fingerprint density at radius 1 is 1.17 bits per heavy atom. The number of amides is 1. The van der Waals surface area contributed by atoms with Crippen molar-refractivity contribution in [3.8, 4) is 17.2 Å². The number of rotatable bonds is 8. The molecule has 0 saturated carbocycles. The maximum Gasteiger partial charge on any atom is 0.277 e. The smallest absolute Gasteiger partial charge is 0.277 e. The monoisotopic (exact) mass is 448 g/mol. The van der Waals surface area contributed by atoms with Crippen LogP contribution in [0.2, 0.25) is 0 Å². The van der Waals surface area contributed by atoms with Crippen molar-refractivity contribution < 1.29 is 22.4 Å². The number of thioether (sulfide) groups is 1. The molecule has 0 saturated heterocycles. The molecule has 0 atom stereocenters. The number of nitrogens with one attached hydrogen (secondary N) is 2. The Morgan fingerprint density at radius 2 is 1.90 bits per heavy atom. The predicted molar refractivity (Wildman–Crippen MR) is 115 cm³/mol. The third kappa shape index (κ3) is 5.97. The molecular formula is C19H20N4O5S2. The van der Waals surface area contributed by atoms with Gasteiger partial charge < -0.3 is 14.5 Å². The Hall–Kier alpha value is -3.05. The van der Waals surface area contributed by atoms with Crippen LogP contribution in [0.3, 0.4) is 0 Å². The van der Waals surface area contributed by atoms with Crippen LogP contribution < -0.4 is 14.8 Å². The summed E-state index contributed by atoms with van der Waals surface area (Å²) in [7, 11) is -1.81. The van der Waals surface area contributed by atoms with Crippen molar-refractivity contribution in [3.63, 3.8) is 0 Å². The lowest BCUT2D eigenvalue weighted by Gasteiger charge is -2.10. The van der Waals surface area contributed by atoms with Crippen LogP contribution in [0.25, 0.3) is 11.5 Å². The van der Waals surface area contributed by atoms with E-state index in [0.717, 1.165) is 23.6 Å². The zero-order chi connectivity index (χ0) is 21.7. The highest BCUT2D eigenvalue weighted by molar-refractivity contribution is 7.99. The first-order chi connectivity index (χ1) is 14.2. The summed E-state index contributed by atoms with van der Waals surface area (Å²) >= 11 is 1.11. The highest BCUT2D eigenvalue weighted by Gasteiger charge is 2.13. The van der Waals surface area contributed by atoms with Gasteiger partial charge in [0, 0.05) is 11.3 Å². The zero-order valence-electron chi connectivity index (χ0n) is 16.5. The molecular weight excluding hydrogens is 428 g/mol. The molecule has 0 radical (unpaired) electrons. The Morgan fingerprint density at radius 3 is 2.57 bits per heavy atom. The number of carbonyl (C=O) groups excluding carboxylic acids is 1. The van der Waals surface area contributed by atoms with Gasteiger partial charge in [0.25, 0.3) is 5.22 Å². The summed E-state index contributed by atoms with van der Waals surface area (Å²) in [6.07, 6.45) is 1.08. The molecule has 30 heavy (non-hydrogen) atoms. The van der Waals surface area contributed by atoms with Gasteiger partial charge >= 0.3 is 0 Å². The lowest BCUT2D eigenvalue weighted by Crippen LogP contribution is -2.14. The van der Waals surface area contributed by atoms with Crippen molar-refractivity contribution in [2.24, 2.45) is 0 Å². The molecule has 11 heteroatoms. The van der Waals surface area contributed by atoms with Crippen LogP contribution in [-0.4, -0.2) is 43.6 Å². The molecule has 1 heterocycles. The van der Waals surface area contributed by atoms with Gasteiger partial charge in [-0.1, -0.05) is 17.8 Å². The topological polar surface area (TPSA) is 123 Å². The Kier molecular flexibility index (Phi) is 6.63. The average Bonchev–Trinajstić information content (AvgIpc) is 3.15. The fourth-order valence-electron chi connectivity index (χ4n) is 2.51. The fourth-order valence-corrected chi connectivity index (χ4v) is 3.64. The summed E-state index contributed by atoms with van der Waals surface area (Å²) < 4.78 is 35.7. The van der Waals surface area contributed by atoms with E-state index in [4.69, 9.17) is 9.15 Å². The second-order valence-corrected chi connectivity index (χ2v) is 9.04. The SMILES string of the molecule is COc1ccc(C)cc1NC(=O)CSc1nnc(-c2ccc(NS(C)(=O)=O)cc2)o1. The largest absolute Gasteiger partial charge is 0.495 e. The standard InChI is InChI=1S/C19H20N4O5S2/c1-12-4-9-16(27-2)15(10-12)20-17(24)11-29-19-22-21-18(28-19)13-5-7-14(8-6-13)23-30(3,25)26/h4-10,23H,11H2,1-3H3,(H,20,24). The molecule has 0 aliphatic heterocycles. The van der Waals surface area contributed by atoms with E-state index in [1.807, 2.05) is 19.1 Å². The Labute approximate surface area is 178 Å². The fraction of sp³-hybridized carbons (Fsp3) is 0.211. The maximum atomic E-state index is 12.3. The molecule has 9 nitrogen and oxygen atoms in total. The highest BCUT2D eigenvalue weighted by atomic mass is 32.2. The van der Waals surface area contributed by atoms with Gasteiger partial charge in [-0.3, -0.25) is 9.52 Å². The van der Waals surface area contributed by atoms with Crippen LogP contribution >= 0.6 is 11.8 Å². The minimum absolute atomic E-state index is 0.0793. The van der Waals surface area contributed by atoms with Gasteiger partial charge in [0.2, 0.25) is 21.8 Å². The van der Waals surface area contributed by atoms with Crippen LogP contribution in [-0.2, 0) is 14.8 Å². The van der Waals surface area contributed by atoms with Crippen LogP contribution in [0.5, 0.6) is 5.75 Å². The average molecular weight is 449 g/mol. The number of carbonyl (C=O) groups is 1. The van der Waals surface area contributed by atoms with Crippen LogP contribution in [0.4, 0.5) is 11.4 Å². The number of ether oxygens (including phenoxy) is 1. The van der Waals surface area contributed by atoms with Gasteiger partial charge in [0.1, 0.15) is 5.75 Å². The lowest BCUT2D eigenvalue weighted by molar-refractivity contribution is -0.113. The van der Waals surface area contributed by atoms with E-state index < -0.39 is 10.0 Å². The molecule has 0 aliphatic rings. The number of sulfonamides is 1. The number of aromatic nitrogens is 2. The highest BCUT2D eigenvalue weighted by Crippen LogP contribution is 2.27. The zero-order valence-corrected chi connectivity index (χ0v) is 18.1. The molecule has 1 aromatic heterocycles. The van der Waals surface area contributed by atoms with Gasteiger partial charge in [0.15, 0.2) is 0 Å². The van der Waals surface area contributed by atoms with Crippen molar-refractivity contribution in [1.29, 1.82) is 0 Å². The van der Waals surface area contributed by atoms with Crippen molar-refractivity contribution in [3.05, 3.63) is 48.0 Å². The molecule has 0 bridgehead atoms. The number of aryl methyl sites for hydroxylation is 1. The third-order valence-electron chi connectivity index (χ3n) is 3.80. The van der Waals surface area contributed by atoms with E-state index in [2.05, 4.69) is 20.2 Å². The lowest BCUT2D eigenvalue weighted by atomic mass is 10.2. The number of hydrogen-bond acceptors (Lipinski definition) is 8. The first-order valence-corrected chi connectivity index (χ1v) is 11.6. The van der Waals surface area contributed by atoms with Crippen molar-refractivity contribution in [2.45, 2.75) is 12.1 Å². The molecule has 158 valence electrons. The quantitative estimate of drug-likeness (QED) is 0.504. The van der Waals surface area contributed by atoms with E-state index in [1.165, 1.54) is 0 Å². The van der Waals surface area contributed by atoms with Crippen LogP contribution in [0, 0.1) is 6.92 Å². The predicted octanol–water partition coefficient (Wildman–Crippen LogP) is 3.16. The minimum Gasteiger partial charge on any atom is -0.495 e. The van der Waals surface area contributed by atoms with E-state index in [0.29, 0.717) is 22.7 Å². The van der Waals surface area contributed by atoms with Gasteiger partial charge in [-0.15, -0.1) is 10.2 Å². The number of methoxy groups -OCH3 is 1. The van der Waals surface area contributed by atoms with Crippen LogP contribution in [0.15, 0.2) is 52.1 Å². The number of nitrogens with zero attached hydrogens (tertiary/aromatic N) is 2. The summed E-state index contributed by atoms with van der Waals surface area (Å²) in [6.45, 7) is 1.92. The third-order valence-corrected chi connectivity index (χ3v) is 5.22. The number of benzene rings is 2. The maximum absolute atomic E-state index is 12.3. The van der Waals surface area contributed by atoms with Crippen molar-refractivity contribution >= 4 is 39.1 Å². The van der Waals surface area contributed by atoms with E-state index in [9.17, 15) is 13.2 Å². The summed E-state index contributed by atoms with van der Waals surface area (Å²) in [4.78, 5) is 12.3. The Balaban J connectivity index is 1.59. The molecule has 0 spiro atoms. The first-order valence-electron chi connectivity index (χ1n) is 8.72. The van der Waals surface area contributed by atoms with Crippen LogP contribution in [0.1, 0.15) is 5.56 Å². The molecule has 3 aromatic rings. The second kappa shape index (κ2) is 9.18. The van der Waals surface area contributed by atoms with Gasteiger partial charge in [-0.05, 0) is 48.9 Å². The van der Waals surface area contributed by atoms with E-state index in [1.54, 1.807) is 37.4 Å². The molecule has 3 rings (SSSR count). The van der Waals surface area contributed by atoms with E-state index in [-0.39, 0.29) is 22.8 Å². The van der Waals surface area contributed by atoms with Crippen molar-refractivity contribution in [2.75, 3.05) is 29.2 Å². The molecule has 0 fully saturated rings. The van der Waals surface area contributed by atoms with Gasteiger partial charge in [0.05, 0.1) is 24.8 Å². The number of hydrogen-bond donors (Lipinski definition) is 2. The Bertz CT molecular complexity index is 1140. The summed E-state index contributed by atoms with van der Waals surface area (Å²) in [5.41, 5.74) is 2.65. The molecule has 0 unspecified atom stereocenters. The number of anilines is 2. The molecule has 1 amide bonds. The molecule has 0 aliphatic carbocycles. The molecule has 2 N–H and O–H groups in total. The first kappa shape index (κ1) is 21.7. The van der Waals surface area contributed by atoms with Crippen molar-refractivity contribution in [1.82, 2.24) is 10.2 Å². The second-order valence-electron chi connectivity index (χ2n) is 6.37. The summed E-state index contributed by atoms with van der Waals surface area (Å²) in [5.74, 6) is 0.688. The van der Waals surface area contributed by atoms with Gasteiger partial charge in [-0.25, -0.2) is 8.42 Å². The minimum atomic E-state index is -3.35. The summed E-state index contributed by atoms with van der Waals surface area (Å²) in [6, 6.07) is 12.0. The van der Waals surface area contributed by atoms with E-state index >= 15 is 0 Å². The summed E-state index contributed by atoms with van der Waals surface area (Å²) in [5, 5.41) is 10.9. The normalized spacial score (nSPS) is 11.2. The van der Waals surface area contributed by atoms with Gasteiger partial charge in [-0.2, -0.15) is 0 Å². The molecule has 2 aromatic carbocycles.